The van der Waals surface area contributed by atoms with Gasteiger partial charge in [-0.3, -0.25) is 0 Å². The summed E-state index contributed by atoms with van der Waals surface area (Å²) in [6, 6.07) is 2.90. The van der Waals surface area contributed by atoms with Crippen LogP contribution >= 0.6 is 27.5 Å². The Labute approximate surface area is 120 Å². The minimum Gasteiger partial charge on any atom is -0.494 e. The van der Waals surface area contributed by atoms with Crippen molar-refractivity contribution >= 4 is 37.6 Å². The molecule has 0 aromatic heterocycles. The van der Waals surface area contributed by atoms with Gasteiger partial charge >= 0.3 is 0 Å². The highest BCUT2D eigenvalue weighted by Gasteiger charge is 2.22. The Kier molecular flexibility index (Phi) is 5.87. The van der Waals surface area contributed by atoms with E-state index in [-0.39, 0.29) is 23.8 Å². The highest BCUT2D eigenvalue weighted by molar-refractivity contribution is 9.10. The van der Waals surface area contributed by atoms with Crippen molar-refractivity contribution in [2.24, 2.45) is 0 Å². The molecule has 0 aliphatic carbocycles. The van der Waals surface area contributed by atoms with Crippen molar-refractivity contribution in [3.05, 3.63) is 21.6 Å². The van der Waals surface area contributed by atoms with E-state index < -0.39 is 10.0 Å². The number of sulfonamides is 1. The van der Waals surface area contributed by atoms with Crippen molar-refractivity contribution in [3.63, 3.8) is 0 Å². The summed E-state index contributed by atoms with van der Waals surface area (Å²) in [5.74, 6) is 0.212. The van der Waals surface area contributed by atoms with Crippen molar-refractivity contribution in [1.82, 2.24) is 4.72 Å². The summed E-state index contributed by atoms with van der Waals surface area (Å²) in [6.07, 6.45) is 0. The lowest BCUT2D eigenvalue weighted by molar-refractivity contribution is 0.204. The van der Waals surface area contributed by atoms with Crippen LogP contribution in [0.1, 0.15) is 0 Å². The largest absolute Gasteiger partial charge is 0.494 e. The fourth-order valence-corrected chi connectivity index (χ4v) is 3.69. The van der Waals surface area contributed by atoms with Gasteiger partial charge in [0.05, 0.1) is 18.2 Å². The zero-order valence-electron chi connectivity index (χ0n) is 9.87. The van der Waals surface area contributed by atoms with Crippen LogP contribution in [0.5, 0.6) is 5.75 Å². The quantitative estimate of drug-likeness (QED) is 0.790. The van der Waals surface area contributed by atoms with E-state index in [0.29, 0.717) is 9.50 Å². The number of methoxy groups -OCH3 is 2. The monoisotopic (exact) mass is 357 g/mol. The maximum Gasteiger partial charge on any atom is 0.244 e. The summed E-state index contributed by atoms with van der Waals surface area (Å²) in [4.78, 5) is -0.0134. The van der Waals surface area contributed by atoms with Gasteiger partial charge in [-0.1, -0.05) is 11.6 Å². The third-order valence-corrected chi connectivity index (χ3v) is 4.34. The highest BCUT2D eigenvalue weighted by atomic mass is 79.9. The van der Waals surface area contributed by atoms with Crippen LogP contribution in [0, 0.1) is 0 Å². The fraction of sp³-hybridized carbons (Fsp3) is 0.400. The molecular weight excluding hydrogens is 346 g/mol. The number of benzene rings is 1. The Hall–Kier alpha value is -0.340. The molecule has 5 nitrogen and oxygen atoms in total. The first-order valence-electron chi connectivity index (χ1n) is 4.94. The lowest BCUT2D eigenvalue weighted by atomic mass is 10.3. The predicted octanol–water partition coefficient (Wildman–Crippen LogP) is 2.04. The molecule has 0 saturated carbocycles. The Morgan fingerprint density at radius 2 is 2.06 bits per heavy atom. The SMILES string of the molecule is COCCNS(=O)(=O)c1cc(Cl)cc(Br)c1OC. The molecule has 0 saturated heterocycles. The number of hydrogen-bond acceptors (Lipinski definition) is 4. The Bertz CT molecular complexity index is 521. The van der Waals surface area contributed by atoms with Crippen LogP contribution in [-0.2, 0) is 14.8 Å². The van der Waals surface area contributed by atoms with Crippen LogP contribution in [0.25, 0.3) is 0 Å². The maximum absolute atomic E-state index is 12.1. The summed E-state index contributed by atoms with van der Waals surface area (Å²) in [7, 11) is -0.808. The number of ether oxygens (including phenoxy) is 2. The van der Waals surface area contributed by atoms with E-state index in [1.165, 1.54) is 20.3 Å². The predicted molar refractivity (Wildman–Crippen MR) is 72.8 cm³/mol. The summed E-state index contributed by atoms with van der Waals surface area (Å²) in [6.45, 7) is 0.454. The fourth-order valence-electron chi connectivity index (χ4n) is 1.29. The van der Waals surface area contributed by atoms with Gasteiger partial charge in [-0.15, -0.1) is 0 Å². The normalized spacial score (nSPS) is 11.6. The number of rotatable bonds is 6. The summed E-state index contributed by atoms with van der Waals surface area (Å²) >= 11 is 9.05. The highest BCUT2D eigenvalue weighted by Crippen LogP contribution is 2.35. The van der Waals surface area contributed by atoms with Gasteiger partial charge in [0, 0.05) is 18.7 Å². The molecule has 0 bridgehead atoms. The van der Waals surface area contributed by atoms with Gasteiger partial charge in [-0.2, -0.15) is 0 Å². The van der Waals surface area contributed by atoms with Gasteiger partial charge in [0.15, 0.2) is 5.75 Å². The maximum atomic E-state index is 12.1. The zero-order chi connectivity index (χ0) is 13.8. The van der Waals surface area contributed by atoms with E-state index in [1.54, 1.807) is 6.07 Å². The summed E-state index contributed by atoms with van der Waals surface area (Å²) in [5, 5.41) is 0.301. The third-order valence-electron chi connectivity index (χ3n) is 2.07. The van der Waals surface area contributed by atoms with Crippen molar-refractivity contribution in [2.75, 3.05) is 27.4 Å². The van der Waals surface area contributed by atoms with Crippen molar-refractivity contribution in [3.8, 4) is 5.75 Å². The molecule has 1 aromatic carbocycles. The first-order valence-corrected chi connectivity index (χ1v) is 7.59. The molecule has 0 unspecified atom stereocenters. The van der Waals surface area contributed by atoms with E-state index in [4.69, 9.17) is 21.1 Å². The standard InChI is InChI=1S/C10H13BrClNO4S/c1-16-4-3-13-18(14,15)9-6-7(12)5-8(11)10(9)17-2/h5-6,13H,3-4H2,1-2H3. The molecule has 0 amide bonds. The molecule has 0 aliphatic heterocycles. The molecule has 0 aliphatic rings. The average Bonchev–Trinajstić information content (AvgIpc) is 2.28. The zero-order valence-corrected chi connectivity index (χ0v) is 13.0. The van der Waals surface area contributed by atoms with E-state index in [9.17, 15) is 8.42 Å². The van der Waals surface area contributed by atoms with E-state index in [1.807, 2.05) is 0 Å². The van der Waals surface area contributed by atoms with Crippen molar-refractivity contribution in [2.45, 2.75) is 4.90 Å². The van der Waals surface area contributed by atoms with Crippen LogP contribution in [0.2, 0.25) is 5.02 Å². The van der Waals surface area contributed by atoms with Crippen LogP contribution in [0.15, 0.2) is 21.5 Å². The van der Waals surface area contributed by atoms with Crippen LogP contribution < -0.4 is 9.46 Å². The van der Waals surface area contributed by atoms with Crippen LogP contribution in [0.3, 0.4) is 0 Å². The van der Waals surface area contributed by atoms with Crippen LogP contribution in [-0.4, -0.2) is 35.8 Å². The second kappa shape index (κ2) is 6.72. The smallest absolute Gasteiger partial charge is 0.244 e. The molecule has 102 valence electrons. The van der Waals surface area contributed by atoms with E-state index in [2.05, 4.69) is 20.7 Å². The molecule has 0 spiro atoms. The summed E-state index contributed by atoms with van der Waals surface area (Å²) in [5.41, 5.74) is 0. The molecule has 1 N–H and O–H groups in total. The molecule has 18 heavy (non-hydrogen) atoms. The van der Waals surface area contributed by atoms with Gasteiger partial charge in [0.2, 0.25) is 10.0 Å². The Balaban J connectivity index is 3.14. The molecule has 1 aromatic rings. The minimum absolute atomic E-state index is 0.0134. The second-order valence-electron chi connectivity index (χ2n) is 3.31. The van der Waals surface area contributed by atoms with E-state index in [0.717, 1.165) is 0 Å². The molecule has 0 radical (unpaired) electrons. The van der Waals surface area contributed by atoms with E-state index >= 15 is 0 Å². The molecule has 1 rings (SSSR count). The Morgan fingerprint density at radius 3 is 2.61 bits per heavy atom. The van der Waals surface area contributed by atoms with Crippen molar-refractivity contribution in [1.29, 1.82) is 0 Å². The number of hydrogen-bond donors (Lipinski definition) is 1. The lowest BCUT2D eigenvalue weighted by Crippen LogP contribution is -2.27. The third kappa shape index (κ3) is 3.83. The summed E-state index contributed by atoms with van der Waals surface area (Å²) < 4.78 is 36.9. The molecule has 0 fully saturated rings. The first-order chi connectivity index (χ1) is 8.42. The van der Waals surface area contributed by atoms with Gasteiger partial charge in [0.25, 0.3) is 0 Å². The lowest BCUT2D eigenvalue weighted by Gasteiger charge is -2.12. The topological polar surface area (TPSA) is 64.6 Å². The van der Waals surface area contributed by atoms with Gasteiger partial charge in [-0.25, -0.2) is 13.1 Å². The molecule has 0 heterocycles. The second-order valence-corrected chi connectivity index (χ2v) is 6.34. The van der Waals surface area contributed by atoms with Crippen molar-refractivity contribution < 1.29 is 17.9 Å². The molecular formula is C10H13BrClNO4S. The van der Waals surface area contributed by atoms with Gasteiger partial charge in [-0.05, 0) is 28.1 Å². The number of halogens is 2. The van der Waals surface area contributed by atoms with Crippen LogP contribution in [0.4, 0.5) is 0 Å². The first kappa shape index (κ1) is 15.7. The number of nitrogens with one attached hydrogen (secondary N) is 1. The minimum atomic E-state index is -3.69. The average molecular weight is 359 g/mol. The molecule has 0 atom stereocenters. The Morgan fingerprint density at radius 1 is 1.39 bits per heavy atom. The van der Waals surface area contributed by atoms with Gasteiger partial charge < -0.3 is 9.47 Å². The molecule has 8 heteroatoms. The van der Waals surface area contributed by atoms with Gasteiger partial charge in [0.1, 0.15) is 4.90 Å².